The number of rotatable bonds is 5. The van der Waals surface area contributed by atoms with Gasteiger partial charge in [0.15, 0.2) is 17.3 Å². The molecule has 0 bridgehead atoms. The van der Waals surface area contributed by atoms with Crippen LogP contribution in [0.25, 0.3) is 5.76 Å². The van der Waals surface area contributed by atoms with Gasteiger partial charge in [0.05, 0.1) is 32.6 Å². The lowest BCUT2D eigenvalue weighted by Gasteiger charge is -2.12. The molecule has 2 aromatic rings. The Hall–Kier alpha value is -3.28. The number of benzene rings is 2. The Morgan fingerprint density at radius 3 is 2.08 bits per heavy atom. The minimum atomic E-state index is -0.260. The zero-order valence-electron chi connectivity index (χ0n) is 14.1. The molecule has 6 heteroatoms. The molecule has 25 heavy (non-hydrogen) atoms. The van der Waals surface area contributed by atoms with E-state index >= 15 is 0 Å². The quantitative estimate of drug-likeness (QED) is 0.843. The molecule has 0 saturated carbocycles. The summed E-state index contributed by atoms with van der Waals surface area (Å²) in [6, 6.07) is 10.2. The van der Waals surface area contributed by atoms with Crippen molar-refractivity contribution in [2.45, 2.75) is 0 Å². The molecule has 1 aliphatic rings. The number of Topliss-reactive ketones (excluding diaryl/α,β-unsaturated/α-hetero) is 1. The van der Waals surface area contributed by atoms with Gasteiger partial charge in [0.2, 0.25) is 5.75 Å². The van der Waals surface area contributed by atoms with E-state index in [1.807, 2.05) is 0 Å². The summed E-state index contributed by atoms with van der Waals surface area (Å²) >= 11 is 0. The molecule has 0 aliphatic heterocycles. The number of hydrogen-bond donors (Lipinski definition) is 1. The van der Waals surface area contributed by atoms with E-state index in [-0.39, 0.29) is 17.1 Å². The van der Waals surface area contributed by atoms with Crippen LogP contribution in [-0.2, 0) is 0 Å². The molecule has 0 amide bonds. The van der Waals surface area contributed by atoms with E-state index in [2.05, 4.69) is 4.99 Å². The van der Waals surface area contributed by atoms with Gasteiger partial charge in [-0.3, -0.25) is 9.79 Å². The first-order valence-corrected chi connectivity index (χ1v) is 7.52. The van der Waals surface area contributed by atoms with Crippen molar-refractivity contribution in [3.8, 4) is 17.2 Å². The Kier molecular flexibility index (Phi) is 4.43. The van der Waals surface area contributed by atoms with Crippen molar-refractivity contribution >= 4 is 23.4 Å². The lowest BCUT2D eigenvalue weighted by Crippen LogP contribution is -1.99. The third kappa shape index (κ3) is 2.82. The maximum atomic E-state index is 12.4. The van der Waals surface area contributed by atoms with Gasteiger partial charge in [-0.2, -0.15) is 0 Å². The number of fused-ring (bicyclic) bond motifs is 1. The van der Waals surface area contributed by atoms with E-state index in [9.17, 15) is 9.90 Å². The number of aliphatic imine (C=N–C) groups is 1. The number of aliphatic hydroxyl groups excluding tert-OH is 1. The fourth-order valence-corrected chi connectivity index (χ4v) is 2.69. The third-order valence-corrected chi connectivity index (χ3v) is 3.92. The topological polar surface area (TPSA) is 77.4 Å². The number of allylic oxidation sites excluding steroid dienone is 1. The maximum absolute atomic E-state index is 12.4. The fraction of sp³-hybridized carbons (Fsp3) is 0.158. The number of methoxy groups -OCH3 is 3. The minimum absolute atomic E-state index is 0.0724. The molecule has 6 nitrogen and oxygen atoms in total. The van der Waals surface area contributed by atoms with Gasteiger partial charge in [0, 0.05) is 29.5 Å². The molecule has 0 fully saturated rings. The average Bonchev–Trinajstić information content (AvgIpc) is 2.89. The van der Waals surface area contributed by atoms with E-state index in [1.54, 1.807) is 36.4 Å². The van der Waals surface area contributed by atoms with Crippen molar-refractivity contribution in [1.29, 1.82) is 0 Å². The molecule has 128 valence electrons. The first-order valence-electron chi connectivity index (χ1n) is 7.52. The highest BCUT2D eigenvalue weighted by atomic mass is 16.5. The highest BCUT2D eigenvalue weighted by Crippen LogP contribution is 2.41. The van der Waals surface area contributed by atoms with Crippen molar-refractivity contribution in [2.75, 3.05) is 21.3 Å². The molecule has 3 rings (SSSR count). The number of carbonyl (C=O) groups excluding carboxylic acids is 1. The summed E-state index contributed by atoms with van der Waals surface area (Å²) in [5, 5.41) is 10.3. The summed E-state index contributed by atoms with van der Waals surface area (Å²) in [7, 11) is 4.53. The largest absolute Gasteiger partial charge is 0.506 e. The highest BCUT2D eigenvalue weighted by Gasteiger charge is 2.28. The van der Waals surface area contributed by atoms with Crippen molar-refractivity contribution < 1.29 is 24.1 Å². The van der Waals surface area contributed by atoms with Gasteiger partial charge in [-0.1, -0.05) is 24.3 Å². The van der Waals surface area contributed by atoms with Crippen LogP contribution in [0.15, 0.2) is 47.0 Å². The van der Waals surface area contributed by atoms with Gasteiger partial charge in [-0.05, 0) is 0 Å². The third-order valence-electron chi connectivity index (χ3n) is 3.92. The second kappa shape index (κ2) is 6.68. The monoisotopic (exact) mass is 339 g/mol. The summed E-state index contributed by atoms with van der Waals surface area (Å²) in [4.78, 5) is 16.7. The molecule has 2 aromatic carbocycles. The van der Waals surface area contributed by atoms with E-state index in [0.717, 1.165) is 0 Å². The van der Waals surface area contributed by atoms with E-state index < -0.39 is 0 Å². The molecular weight excluding hydrogens is 322 g/mol. The summed E-state index contributed by atoms with van der Waals surface area (Å²) in [5.74, 6) is 1.03. The second-order valence-electron chi connectivity index (χ2n) is 5.28. The van der Waals surface area contributed by atoms with Gasteiger partial charge < -0.3 is 19.3 Å². The summed E-state index contributed by atoms with van der Waals surface area (Å²) in [6.07, 6.45) is 1.35. The molecule has 0 radical (unpaired) electrons. The van der Waals surface area contributed by atoms with Gasteiger partial charge in [-0.15, -0.1) is 0 Å². The smallest absolute Gasteiger partial charge is 0.203 e. The van der Waals surface area contributed by atoms with Gasteiger partial charge >= 0.3 is 0 Å². The molecule has 0 unspecified atom stereocenters. The van der Waals surface area contributed by atoms with Crippen molar-refractivity contribution in [3.05, 3.63) is 53.1 Å². The van der Waals surface area contributed by atoms with Crippen LogP contribution in [0.4, 0.5) is 5.69 Å². The van der Waals surface area contributed by atoms with Crippen LogP contribution in [-0.4, -0.2) is 38.4 Å². The molecule has 0 atom stereocenters. The Morgan fingerprint density at radius 1 is 0.960 bits per heavy atom. The first-order chi connectivity index (χ1) is 12.1. The summed E-state index contributed by atoms with van der Waals surface area (Å²) in [5.41, 5.74) is 1.62. The van der Waals surface area contributed by atoms with Crippen LogP contribution in [0.5, 0.6) is 17.2 Å². The van der Waals surface area contributed by atoms with Gasteiger partial charge in [0.25, 0.3) is 0 Å². The maximum Gasteiger partial charge on any atom is 0.203 e. The van der Waals surface area contributed by atoms with E-state index in [0.29, 0.717) is 34.1 Å². The van der Waals surface area contributed by atoms with Crippen molar-refractivity contribution in [2.24, 2.45) is 4.99 Å². The Balaban J connectivity index is 1.98. The fourth-order valence-electron chi connectivity index (χ4n) is 2.69. The molecule has 0 spiro atoms. The number of nitrogens with zero attached hydrogens (tertiary/aromatic N) is 1. The number of ether oxygens (including phenoxy) is 3. The number of hydrogen-bond acceptors (Lipinski definition) is 6. The molecule has 0 aromatic heterocycles. The Labute approximate surface area is 145 Å². The van der Waals surface area contributed by atoms with Gasteiger partial charge in [0.1, 0.15) is 5.76 Å². The second-order valence-corrected chi connectivity index (χ2v) is 5.28. The minimum Gasteiger partial charge on any atom is -0.506 e. The lowest BCUT2D eigenvalue weighted by atomic mass is 10.1. The molecule has 0 heterocycles. The van der Waals surface area contributed by atoms with Crippen molar-refractivity contribution in [3.63, 3.8) is 0 Å². The standard InChI is InChI=1S/C19H17NO5/c1-23-15-8-11(9-16(24-2)19(15)25-3)20-10-14-17(21)12-6-4-5-7-13(12)18(14)22/h4-10,21H,1-3H3. The SMILES string of the molecule is COc1cc(N=CC2=C(O)c3ccccc3C2=O)cc(OC)c1OC. The Morgan fingerprint density at radius 2 is 1.56 bits per heavy atom. The average molecular weight is 339 g/mol. The zero-order chi connectivity index (χ0) is 18.0. The molecule has 0 saturated heterocycles. The number of carbonyl (C=O) groups is 1. The van der Waals surface area contributed by atoms with Crippen LogP contribution >= 0.6 is 0 Å². The predicted octanol–water partition coefficient (Wildman–Crippen LogP) is 3.58. The first kappa shape index (κ1) is 16.6. The number of ketones is 1. The highest BCUT2D eigenvalue weighted by molar-refractivity contribution is 6.30. The van der Waals surface area contributed by atoms with Crippen molar-refractivity contribution in [1.82, 2.24) is 0 Å². The zero-order valence-corrected chi connectivity index (χ0v) is 14.1. The summed E-state index contributed by atoms with van der Waals surface area (Å²) in [6.45, 7) is 0. The van der Waals surface area contributed by atoms with Crippen LogP contribution < -0.4 is 14.2 Å². The van der Waals surface area contributed by atoms with Crippen LogP contribution in [0, 0.1) is 0 Å². The van der Waals surface area contributed by atoms with E-state index in [1.165, 1.54) is 27.5 Å². The lowest BCUT2D eigenvalue weighted by molar-refractivity contribution is 0.104. The van der Waals surface area contributed by atoms with Crippen LogP contribution in [0.1, 0.15) is 15.9 Å². The van der Waals surface area contributed by atoms with Crippen LogP contribution in [0.2, 0.25) is 0 Å². The molecular formula is C19H17NO5. The molecule has 1 N–H and O–H groups in total. The van der Waals surface area contributed by atoms with Crippen LogP contribution in [0.3, 0.4) is 0 Å². The number of aliphatic hydroxyl groups is 1. The normalized spacial score (nSPS) is 13.3. The van der Waals surface area contributed by atoms with Gasteiger partial charge in [-0.25, -0.2) is 0 Å². The van der Waals surface area contributed by atoms with E-state index in [4.69, 9.17) is 14.2 Å². The summed E-state index contributed by atoms with van der Waals surface area (Å²) < 4.78 is 15.8. The Bertz CT molecular complexity index is 873. The predicted molar refractivity (Wildman–Crippen MR) is 94.6 cm³/mol. The molecule has 1 aliphatic carbocycles.